The Hall–Kier alpha value is -3.36. The number of ether oxygens (including phenoxy) is 3. The summed E-state index contributed by atoms with van der Waals surface area (Å²) >= 11 is 0. The number of carbonyl (C=O) groups is 1. The summed E-state index contributed by atoms with van der Waals surface area (Å²) in [5.74, 6) is 1.59. The third-order valence-corrected chi connectivity index (χ3v) is 6.67. The first-order chi connectivity index (χ1) is 17.4. The van der Waals surface area contributed by atoms with Crippen LogP contribution < -0.4 is 14.8 Å². The molecule has 1 amide bonds. The van der Waals surface area contributed by atoms with Crippen LogP contribution >= 0.6 is 0 Å². The molecule has 0 saturated carbocycles. The molecule has 36 heavy (non-hydrogen) atoms. The molecule has 3 heterocycles. The Labute approximate surface area is 211 Å². The maximum Gasteiger partial charge on any atom is 0.273 e. The monoisotopic (exact) mass is 491 g/mol. The van der Waals surface area contributed by atoms with Crippen LogP contribution in [0.2, 0.25) is 0 Å². The van der Waals surface area contributed by atoms with Gasteiger partial charge in [-0.15, -0.1) is 0 Å². The van der Waals surface area contributed by atoms with E-state index in [1.165, 1.54) is 11.1 Å². The van der Waals surface area contributed by atoms with E-state index in [-0.39, 0.29) is 23.1 Å². The molecule has 1 atom stereocenters. The van der Waals surface area contributed by atoms with Crippen LogP contribution in [0.4, 0.5) is 0 Å². The molecule has 3 aromatic rings. The van der Waals surface area contributed by atoms with Crippen LogP contribution in [-0.2, 0) is 10.2 Å². The maximum absolute atomic E-state index is 13.0. The average Bonchev–Trinajstić information content (AvgIpc) is 3.39. The Morgan fingerprint density at radius 1 is 0.972 bits per heavy atom. The molecule has 0 bridgehead atoms. The highest BCUT2D eigenvalue weighted by atomic mass is 16.6. The average molecular weight is 492 g/mol. The molecule has 0 aliphatic carbocycles. The van der Waals surface area contributed by atoms with Crippen molar-refractivity contribution in [3.8, 4) is 22.8 Å². The van der Waals surface area contributed by atoms with Crippen molar-refractivity contribution in [2.24, 2.45) is 0 Å². The van der Waals surface area contributed by atoms with Gasteiger partial charge in [0, 0.05) is 31.3 Å². The second-order valence-electron chi connectivity index (χ2n) is 10.2. The van der Waals surface area contributed by atoms with Gasteiger partial charge in [0.1, 0.15) is 13.2 Å². The van der Waals surface area contributed by atoms with Crippen LogP contribution in [-0.4, -0.2) is 62.0 Å². The van der Waals surface area contributed by atoms with Gasteiger partial charge in [0.25, 0.3) is 5.91 Å². The lowest BCUT2D eigenvalue weighted by Gasteiger charge is -2.35. The van der Waals surface area contributed by atoms with E-state index in [1.54, 1.807) is 6.07 Å². The van der Waals surface area contributed by atoms with Crippen molar-refractivity contribution in [2.75, 3.05) is 46.1 Å². The Balaban J connectivity index is 1.29. The Bertz CT molecular complexity index is 1190. The largest absolute Gasteiger partial charge is 0.486 e. The fraction of sp³-hybridized carbons (Fsp3) is 0.429. The number of rotatable bonds is 6. The normalized spacial score (nSPS) is 17.0. The molecule has 1 saturated heterocycles. The zero-order valence-electron chi connectivity index (χ0n) is 21.1. The summed E-state index contributed by atoms with van der Waals surface area (Å²) in [6.07, 6.45) is 0. The first-order valence-corrected chi connectivity index (χ1v) is 12.5. The molecule has 1 aromatic heterocycles. The number of carbonyl (C=O) groups excluding carboxylic acids is 1. The van der Waals surface area contributed by atoms with Crippen molar-refractivity contribution in [3.05, 3.63) is 65.4 Å². The van der Waals surface area contributed by atoms with E-state index >= 15 is 0 Å². The third kappa shape index (κ3) is 5.39. The van der Waals surface area contributed by atoms with Crippen LogP contribution in [0.15, 0.2) is 53.1 Å². The summed E-state index contributed by atoms with van der Waals surface area (Å²) in [4.78, 5) is 15.4. The van der Waals surface area contributed by atoms with E-state index in [4.69, 9.17) is 18.7 Å². The van der Waals surface area contributed by atoms with Crippen molar-refractivity contribution in [3.63, 3.8) is 0 Å². The highest BCUT2D eigenvalue weighted by Crippen LogP contribution is 2.34. The van der Waals surface area contributed by atoms with Crippen molar-refractivity contribution in [2.45, 2.75) is 32.2 Å². The quantitative estimate of drug-likeness (QED) is 0.553. The van der Waals surface area contributed by atoms with Gasteiger partial charge >= 0.3 is 0 Å². The molecule has 190 valence electrons. The summed E-state index contributed by atoms with van der Waals surface area (Å²) in [6.45, 7) is 11.1. The van der Waals surface area contributed by atoms with Gasteiger partial charge in [0.2, 0.25) is 0 Å². The number of hydrogen-bond acceptors (Lipinski definition) is 7. The zero-order chi connectivity index (χ0) is 25.1. The van der Waals surface area contributed by atoms with Gasteiger partial charge in [0.15, 0.2) is 23.0 Å². The zero-order valence-corrected chi connectivity index (χ0v) is 21.1. The van der Waals surface area contributed by atoms with E-state index < -0.39 is 0 Å². The first kappa shape index (κ1) is 24.3. The van der Waals surface area contributed by atoms with Gasteiger partial charge < -0.3 is 24.1 Å². The number of nitrogens with one attached hydrogen (secondary N) is 1. The highest BCUT2D eigenvalue weighted by molar-refractivity contribution is 5.93. The lowest BCUT2D eigenvalue weighted by molar-refractivity contribution is 0.0162. The fourth-order valence-electron chi connectivity index (χ4n) is 4.55. The Morgan fingerprint density at radius 3 is 2.42 bits per heavy atom. The van der Waals surface area contributed by atoms with Gasteiger partial charge in [-0.3, -0.25) is 9.69 Å². The molecule has 2 aliphatic heterocycles. The summed E-state index contributed by atoms with van der Waals surface area (Å²) in [5.41, 5.74) is 3.55. The Kier molecular flexibility index (Phi) is 6.98. The molecule has 0 radical (unpaired) electrons. The maximum atomic E-state index is 13.0. The van der Waals surface area contributed by atoms with Gasteiger partial charge in [-0.05, 0) is 34.7 Å². The second kappa shape index (κ2) is 10.3. The van der Waals surface area contributed by atoms with Crippen molar-refractivity contribution in [1.29, 1.82) is 0 Å². The highest BCUT2D eigenvalue weighted by Gasteiger charge is 2.25. The molecular formula is C28H33N3O5. The number of fused-ring (bicyclic) bond motifs is 1. The molecule has 0 spiro atoms. The lowest BCUT2D eigenvalue weighted by atomic mass is 9.86. The molecule has 5 rings (SSSR count). The second-order valence-corrected chi connectivity index (χ2v) is 10.2. The van der Waals surface area contributed by atoms with Gasteiger partial charge in [0.05, 0.1) is 19.3 Å². The lowest BCUT2D eigenvalue weighted by Crippen LogP contribution is -2.43. The van der Waals surface area contributed by atoms with Gasteiger partial charge in [-0.2, -0.15) is 0 Å². The standard InChI is InChI=1S/C28H33N3O5/c1-28(2,3)21-7-4-19(5-8-21)23(31-10-12-33-13-11-31)18-29-27(32)22-17-25(36-30-22)20-6-9-24-26(16-20)35-15-14-34-24/h4-9,16-17,23H,10-15,18H2,1-3H3,(H,29,32)/t23-/m0/s1. The number of hydrogen-bond donors (Lipinski definition) is 1. The van der Waals surface area contributed by atoms with Crippen LogP contribution in [0.3, 0.4) is 0 Å². The summed E-state index contributed by atoms with van der Waals surface area (Å²) < 4.78 is 22.3. The number of aromatic nitrogens is 1. The van der Waals surface area contributed by atoms with Gasteiger partial charge in [-0.25, -0.2) is 0 Å². The predicted molar refractivity (Wildman–Crippen MR) is 136 cm³/mol. The Morgan fingerprint density at radius 2 is 1.69 bits per heavy atom. The minimum atomic E-state index is -0.271. The van der Waals surface area contributed by atoms with Gasteiger partial charge in [-0.1, -0.05) is 50.2 Å². The molecule has 8 heteroatoms. The van der Waals surface area contributed by atoms with E-state index in [0.717, 1.165) is 18.7 Å². The molecule has 1 N–H and O–H groups in total. The molecule has 8 nitrogen and oxygen atoms in total. The number of amides is 1. The predicted octanol–water partition coefficient (Wildman–Crippen LogP) is 4.21. The van der Waals surface area contributed by atoms with Crippen molar-refractivity contribution >= 4 is 5.91 Å². The van der Waals surface area contributed by atoms with Crippen LogP contribution in [0, 0.1) is 0 Å². The van der Waals surface area contributed by atoms with Crippen LogP contribution in [0.5, 0.6) is 11.5 Å². The van der Waals surface area contributed by atoms with E-state index in [0.29, 0.717) is 50.2 Å². The van der Waals surface area contributed by atoms with E-state index in [1.807, 2.05) is 18.2 Å². The van der Waals surface area contributed by atoms with Crippen molar-refractivity contribution < 1.29 is 23.5 Å². The molecular weight excluding hydrogens is 458 g/mol. The number of nitrogens with zero attached hydrogens (tertiary/aromatic N) is 2. The number of benzene rings is 2. The van der Waals surface area contributed by atoms with Crippen LogP contribution in [0.1, 0.15) is 48.4 Å². The van der Waals surface area contributed by atoms with E-state index in [9.17, 15) is 4.79 Å². The number of morpholine rings is 1. The molecule has 0 unspecified atom stereocenters. The fourth-order valence-corrected chi connectivity index (χ4v) is 4.55. The van der Waals surface area contributed by atoms with Crippen molar-refractivity contribution in [1.82, 2.24) is 15.4 Å². The summed E-state index contributed by atoms with van der Waals surface area (Å²) in [6, 6.07) is 15.9. The third-order valence-electron chi connectivity index (χ3n) is 6.67. The van der Waals surface area contributed by atoms with Crippen LogP contribution in [0.25, 0.3) is 11.3 Å². The SMILES string of the molecule is CC(C)(C)c1ccc([C@H](CNC(=O)c2cc(-c3ccc4c(c3)OCCO4)on2)N2CCOCC2)cc1. The minimum absolute atomic E-state index is 0.0380. The topological polar surface area (TPSA) is 86.1 Å². The van der Waals surface area contributed by atoms with E-state index in [2.05, 4.69) is 60.4 Å². The molecule has 1 fully saturated rings. The summed E-state index contributed by atoms with van der Waals surface area (Å²) in [7, 11) is 0. The first-order valence-electron chi connectivity index (χ1n) is 12.5. The summed E-state index contributed by atoms with van der Waals surface area (Å²) in [5, 5.41) is 7.08. The molecule has 2 aliphatic rings. The minimum Gasteiger partial charge on any atom is -0.486 e. The molecule has 2 aromatic carbocycles. The smallest absolute Gasteiger partial charge is 0.273 e.